The van der Waals surface area contributed by atoms with Crippen LogP contribution in [0.2, 0.25) is 5.02 Å². The van der Waals surface area contributed by atoms with E-state index in [0.29, 0.717) is 31.9 Å². The van der Waals surface area contributed by atoms with E-state index >= 15 is 0 Å². The Morgan fingerprint density at radius 1 is 1.04 bits per heavy atom. The van der Waals surface area contributed by atoms with E-state index in [1.165, 1.54) is 12.1 Å². The third-order valence-corrected chi connectivity index (χ3v) is 5.69. The van der Waals surface area contributed by atoms with E-state index in [9.17, 15) is 13.2 Å². The monoisotopic (exact) mass is 380 g/mol. The maximum atomic E-state index is 12.7. The molecule has 1 saturated heterocycles. The number of carbonyl (C=O) groups is 1. The average molecular weight is 381 g/mol. The van der Waals surface area contributed by atoms with Crippen molar-refractivity contribution in [1.29, 1.82) is 0 Å². The molecule has 0 saturated carbocycles. The zero-order chi connectivity index (χ0) is 17.9. The Morgan fingerprint density at radius 3 is 2.40 bits per heavy atom. The quantitative estimate of drug-likeness (QED) is 0.884. The number of halogens is 1. The Labute approximate surface area is 151 Å². The van der Waals surface area contributed by atoms with Crippen molar-refractivity contribution in [2.75, 3.05) is 31.0 Å². The van der Waals surface area contributed by atoms with Gasteiger partial charge in [-0.2, -0.15) is 0 Å². The lowest BCUT2D eigenvalue weighted by Crippen LogP contribution is -2.41. The summed E-state index contributed by atoms with van der Waals surface area (Å²) in [5.74, 6) is -0.235. The smallest absolute Gasteiger partial charge is 0.263 e. The molecule has 1 aliphatic rings. The van der Waals surface area contributed by atoms with Gasteiger partial charge in [0.2, 0.25) is 0 Å². The number of amides is 1. The number of hydrogen-bond acceptors (Lipinski definition) is 4. The second kappa shape index (κ2) is 7.43. The molecule has 3 rings (SSSR count). The van der Waals surface area contributed by atoms with Gasteiger partial charge in [0.25, 0.3) is 15.9 Å². The van der Waals surface area contributed by atoms with Crippen molar-refractivity contribution >= 4 is 33.2 Å². The zero-order valence-electron chi connectivity index (χ0n) is 13.3. The molecule has 132 valence electrons. The number of rotatable bonds is 4. The minimum Gasteiger partial charge on any atom is -0.378 e. The van der Waals surface area contributed by atoms with Crippen molar-refractivity contribution in [2.24, 2.45) is 0 Å². The summed E-state index contributed by atoms with van der Waals surface area (Å²) < 4.78 is 33.0. The fraction of sp³-hybridized carbons (Fsp3) is 0.235. The van der Waals surface area contributed by atoms with Gasteiger partial charge in [-0.05, 0) is 24.3 Å². The number of carbonyl (C=O) groups excluding carboxylic acids is 1. The van der Waals surface area contributed by atoms with Gasteiger partial charge in [0.15, 0.2) is 0 Å². The van der Waals surface area contributed by atoms with Crippen LogP contribution in [0.3, 0.4) is 0 Å². The molecule has 1 heterocycles. The van der Waals surface area contributed by atoms with Gasteiger partial charge in [-0.3, -0.25) is 9.52 Å². The number of benzene rings is 2. The molecule has 0 unspecified atom stereocenters. The van der Waals surface area contributed by atoms with Crippen molar-refractivity contribution in [3.05, 3.63) is 59.1 Å². The zero-order valence-corrected chi connectivity index (χ0v) is 14.9. The van der Waals surface area contributed by atoms with Gasteiger partial charge in [0, 0.05) is 13.1 Å². The van der Waals surface area contributed by atoms with Crippen molar-refractivity contribution < 1.29 is 17.9 Å². The first-order valence-electron chi connectivity index (χ1n) is 7.72. The maximum Gasteiger partial charge on any atom is 0.263 e. The minimum atomic E-state index is -3.91. The minimum absolute atomic E-state index is 0.0368. The van der Waals surface area contributed by atoms with Gasteiger partial charge < -0.3 is 9.64 Å². The molecule has 1 amide bonds. The van der Waals surface area contributed by atoms with Crippen LogP contribution in [-0.4, -0.2) is 45.5 Å². The number of morpholine rings is 1. The normalized spacial score (nSPS) is 15.0. The van der Waals surface area contributed by atoms with E-state index in [4.69, 9.17) is 16.3 Å². The molecule has 25 heavy (non-hydrogen) atoms. The fourth-order valence-electron chi connectivity index (χ4n) is 2.56. The predicted octanol–water partition coefficient (Wildman–Crippen LogP) is 2.61. The molecular formula is C17H17ClN2O4S. The SMILES string of the molecule is O=C(c1ccccc1NS(=O)(=O)c1ccccc1Cl)N1CCOCC1. The van der Waals surface area contributed by atoms with Crippen molar-refractivity contribution in [1.82, 2.24) is 4.90 Å². The second-order valence-electron chi connectivity index (χ2n) is 5.49. The van der Waals surface area contributed by atoms with Crippen LogP contribution in [0.5, 0.6) is 0 Å². The summed E-state index contributed by atoms with van der Waals surface area (Å²) >= 11 is 5.99. The van der Waals surface area contributed by atoms with E-state index in [1.54, 1.807) is 41.3 Å². The van der Waals surface area contributed by atoms with E-state index in [2.05, 4.69) is 4.72 Å². The second-order valence-corrected chi connectivity index (χ2v) is 7.54. The molecule has 2 aromatic carbocycles. The van der Waals surface area contributed by atoms with Gasteiger partial charge in [-0.1, -0.05) is 35.9 Å². The Hall–Kier alpha value is -2.09. The summed E-state index contributed by atoms with van der Waals surface area (Å²) in [7, 11) is -3.91. The first-order chi connectivity index (χ1) is 12.0. The number of nitrogens with one attached hydrogen (secondary N) is 1. The number of para-hydroxylation sites is 1. The standard InChI is InChI=1S/C17H17ClN2O4S/c18-14-6-2-4-8-16(14)25(22,23)19-15-7-3-1-5-13(15)17(21)20-9-11-24-12-10-20/h1-8,19H,9-12H2. The van der Waals surface area contributed by atoms with E-state index in [-0.39, 0.29) is 21.5 Å². The number of anilines is 1. The van der Waals surface area contributed by atoms with Crippen LogP contribution in [0.1, 0.15) is 10.4 Å². The Bertz CT molecular complexity index is 880. The molecule has 0 atom stereocenters. The molecule has 6 nitrogen and oxygen atoms in total. The van der Waals surface area contributed by atoms with Gasteiger partial charge in [-0.15, -0.1) is 0 Å². The number of nitrogens with zero attached hydrogens (tertiary/aromatic N) is 1. The molecule has 1 fully saturated rings. The molecule has 0 bridgehead atoms. The van der Waals surface area contributed by atoms with Crippen LogP contribution in [0.15, 0.2) is 53.4 Å². The summed E-state index contributed by atoms with van der Waals surface area (Å²) in [6.07, 6.45) is 0. The molecule has 0 aromatic heterocycles. The molecule has 0 spiro atoms. The van der Waals surface area contributed by atoms with E-state index < -0.39 is 10.0 Å². The van der Waals surface area contributed by atoms with Crippen molar-refractivity contribution in [3.63, 3.8) is 0 Å². The van der Waals surface area contributed by atoms with Crippen LogP contribution in [0.4, 0.5) is 5.69 Å². The summed E-state index contributed by atoms with van der Waals surface area (Å²) in [5.41, 5.74) is 0.513. The summed E-state index contributed by atoms with van der Waals surface area (Å²) in [6.45, 7) is 1.90. The lowest BCUT2D eigenvalue weighted by molar-refractivity contribution is 0.0303. The number of ether oxygens (including phenoxy) is 1. The van der Waals surface area contributed by atoms with Crippen LogP contribution >= 0.6 is 11.6 Å². The third-order valence-electron chi connectivity index (χ3n) is 3.83. The molecule has 0 radical (unpaired) electrons. The first-order valence-corrected chi connectivity index (χ1v) is 9.58. The molecular weight excluding hydrogens is 364 g/mol. The highest BCUT2D eigenvalue weighted by Gasteiger charge is 2.24. The number of hydrogen-bond donors (Lipinski definition) is 1. The predicted molar refractivity (Wildman–Crippen MR) is 95.4 cm³/mol. The molecule has 0 aliphatic carbocycles. The fourth-order valence-corrected chi connectivity index (χ4v) is 4.16. The lowest BCUT2D eigenvalue weighted by atomic mass is 10.1. The highest BCUT2D eigenvalue weighted by Crippen LogP contribution is 2.25. The summed E-state index contributed by atoms with van der Waals surface area (Å²) in [6, 6.07) is 12.7. The Kier molecular flexibility index (Phi) is 5.27. The highest BCUT2D eigenvalue weighted by molar-refractivity contribution is 7.92. The van der Waals surface area contributed by atoms with E-state index in [0.717, 1.165) is 0 Å². The highest BCUT2D eigenvalue weighted by atomic mass is 35.5. The van der Waals surface area contributed by atoms with Crippen LogP contribution in [0, 0.1) is 0 Å². The van der Waals surface area contributed by atoms with E-state index in [1.807, 2.05) is 0 Å². The molecule has 2 aromatic rings. The van der Waals surface area contributed by atoms with Gasteiger partial charge in [0.1, 0.15) is 4.90 Å². The Morgan fingerprint density at radius 2 is 1.68 bits per heavy atom. The topological polar surface area (TPSA) is 75.7 Å². The molecule has 1 N–H and O–H groups in total. The summed E-state index contributed by atoms with van der Waals surface area (Å²) in [4.78, 5) is 14.3. The average Bonchev–Trinajstić information content (AvgIpc) is 2.62. The largest absolute Gasteiger partial charge is 0.378 e. The van der Waals surface area contributed by atoms with Crippen LogP contribution < -0.4 is 4.72 Å². The molecule has 1 aliphatic heterocycles. The number of sulfonamides is 1. The lowest BCUT2D eigenvalue weighted by Gasteiger charge is -2.27. The molecule has 8 heteroatoms. The van der Waals surface area contributed by atoms with Gasteiger partial charge in [-0.25, -0.2) is 8.42 Å². The van der Waals surface area contributed by atoms with Gasteiger partial charge >= 0.3 is 0 Å². The third kappa shape index (κ3) is 3.95. The van der Waals surface area contributed by atoms with Gasteiger partial charge in [0.05, 0.1) is 29.5 Å². The van der Waals surface area contributed by atoms with Crippen LogP contribution in [0.25, 0.3) is 0 Å². The maximum absolute atomic E-state index is 12.7. The summed E-state index contributed by atoms with van der Waals surface area (Å²) in [5, 5.41) is 0.118. The Balaban J connectivity index is 1.91. The first kappa shape index (κ1) is 17.7. The van der Waals surface area contributed by atoms with Crippen LogP contribution in [-0.2, 0) is 14.8 Å². The van der Waals surface area contributed by atoms with Crippen molar-refractivity contribution in [3.8, 4) is 0 Å². The van der Waals surface area contributed by atoms with Crippen molar-refractivity contribution in [2.45, 2.75) is 4.90 Å².